The molecule has 0 radical (unpaired) electrons. The molecule has 70 valence electrons. The fourth-order valence-corrected chi connectivity index (χ4v) is 1.32. The Morgan fingerprint density at radius 1 is 1.75 bits per heavy atom. The smallest absolute Gasteiger partial charge is 0.173 e. The average Bonchev–Trinajstić information content (AvgIpc) is 2.30. The van der Waals surface area contributed by atoms with Gasteiger partial charge in [0.05, 0.1) is 19.6 Å². The summed E-state index contributed by atoms with van der Waals surface area (Å²) in [7, 11) is 0. The molecule has 0 unspecified atom stereocenters. The molecule has 2 atom stereocenters. The highest BCUT2D eigenvalue weighted by Crippen LogP contribution is 2.26. The zero-order valence-electron chi connectivity index (χ0n) is 7.37. The predicted octanol–water partition coefficient (Wildman–Crippen LogP) is 0.0894. The Kier molecular flexibility index (Phi) is 2.82. The second kappa shape index (κ2) is 3.51. The third-order valence-electron chi connectivity index (χ3n) is 1.76. The monoisotopic (exact) mass is 174 g/mol. The van der Waals surface area contributed by atoms with E-state index in [0.717, 1.165) is 0 Å². The van der Waals surface area contributed by atoms with E-state index >= 15 is 0 Å². The summed E-state index contributed by atoms with van der Waals surface area (Å²) in [5, 5.41) is 8.74. The number of rotatable bonds is 3. The zero-order chi connectivity index (χ0) is 9.19. The van der Waals surface area contributed by atoms with Gasteiger partial charge in [-0.25, -0.2) is 0 Å². The molecule has 4 heteroatoms. The van der Waals surface area contributed by atoms with Gasteiger partial charge in [-0.05, 0) is 13.8 Å². The van der Waals surface area contributed by atoms with E-state index in [1.807, 2.05) is 0 Å². The summed E-state index contributed by atoms with van der Waals surface area (Å²) < 4.78 is 10.6. The molecular weight excluding hydrogens is 160 g/mol. The molecule has 0 aromatic heterocycles. The summed E-state index contributed by atoms with van der Waals surface area (Å²) in [6.07, 6.45) is -0.0434. The van der Waals surface area contributed by atoms with Crippen LogP contribution in [-0.2, 0) is 14.3 Å². The molecule has 1 aliphatic rings. The Hall–Kier alpha value is -0.450. The van der Waals surface area contributed by atoms with Crippen molar-refractivity contribution in [1.82, 2.24) is 0 Å². The van der Waals surface area contributed by atoms with Crippen molar-refractivity contribution < 1.29 is 19.4 Å². The number of Topliss-reactive ketones (excluding diaryl/α,β-unsaturated/α-hetero) is 1. The summed E-state index contributed by atoms with van der Waals surface area (Å²) in [5.41, 5.74) is 0. The van der Waals surface area contributed by atoms with Crippen LogP contribution in [-0.4, -0.2) is 36.0 Å². The number of hydrogen-bond donors (Lipinski definition) is 1. The number of aliphatic hydroxyl groups is 1. The minimum atomic E-state index is -0.820. The molecule has 12 heavy (non-hydrogen) atoms. The molecule has 1 heterocycles. The Morgan fingerprint density at radius 3 is 2.83 bits per heavy atom. The maximum Gasteiger partial charge on any atom is 0.173 e. The highest BCUT2D eigenvalue weighted by atomic mass is 16.7. The molecule has 0 amide bonds. The van der Waals surface area contributed by atoms with Crippen molar-refractivity contribution in [1.29, 1.82) is 0 Å². The summed E-state index contributed by atoms with van der Waals surface area (Å²) in [4.78, 5) is 10.8. The summed E-state index contributed by atoms with van der Waals surface area (Å²) in [6, 6.07) is 0. The molecule has 0 saturated carbocycles. The standard InChI is InChI=1S/C8H14O4/c1-6(10)3-8(2)11-5-7(4-9)12-8/h7,9H,3-5H2,1-2H3/t7-,8-/m1/s1. The number of ketones is 1. The van der Waals surface area contributed by atoms with E-state index in [1.165, 1.54) is 6.92 Å². The maximum atomic E-state index is 10.8. The van der Waals surface area contributed by atoms with Crippen molar-refractivity contribution in [2.45, 2.75) is 32.2 Å². The van der Waals surface area contributed by atoms with E-state index in [-0.39, 0.29) is 24.9 Å². The van der Waals surface area contributed by atoms with Gasteiger partial charge in [-0.2, -0.15) is 0 Å². The van der Waals surface area contributed by atoms with Crippen LogP contribution in [0.1, 0.15) is 20.3 Å². The fraction of sp³-hybridized carbons (Fsp3) is 0.875. The Morgan fingerprint density at radius 2 is 2.42 bits per heavy atom. The topological polar surface area (TPSA) is 55.8 Å². The van der Waals surface area contributed by atoms with E-state index < -0.39 is 5.79 Å². The number of aliphatic hydroxyl groups excluding tert-OH is 1. The van der Waals surface area contributed by atoms with Crippen LogP contribution in [0.4, 0.5) is 0 Å². The van der Waals surface area contributed by atoms with Gasteiger partial charge >= 0.3 is 0 Å². The lowest BCUT2D eigenvalue weighted by molar-refractivity contribution is -0.167. The van der Waals surface area contributed by atoms with Gasteiger partial charge in [0, 0.05) is 0 Å². The maximum absolute atomic E-state index is 10.8. The molecule has 1 saturated heterocycles. The third kappa shape index (κ3) is 2.27. The van der Waals surface area contributed by atoms with Crippen LogP contribution in [0.2, 0.25) is 0 Å². The number of ether oxygens (including phenoxy) is 2. The van der Waals surface area contributed by atoms with E-state index in [0.29, 0.717) is 6.61 Å². The van der Waals surface area contributed by atoms with Crippen LogP contribution >= 0.6 is 0 Å². The van der Waals surface area contributed by atoms with Gasteiger partial charge in [0.15, 0.2) is 5.79 Å². The number of carbonyl (C=O) groups is 1. The van der Waals surface area contributed by atoms with E-state index in [1.54, 1.807) is 6.92 Å². The minimum absolute atomic E-state index is 0.0242. The van der Waals surface area contributed by atoms with Gasteiger partial charge in [-0.15, -0.1) is 0 Å². The molecule has 1 N–H and O–H groups in total. The van der Waals surface area contributed by atoms with Crippen molar-refractivity contribution in [2.75, 3.05) is 13.2 Å². The van der Waals surface area contributed by atoms with Crippen LogP contribution in [0.25, 0.3) is 0 Å². The van der Waals surface area contributed by atoms with E-state index in [4.69, 9.17) is 14.6 Å². The van der Waals surface area contributed by atoms with Crippen LogP contribution in [0.15, 0.2) is 0 Å². The number of carbonyl (C=O) groups excluding carboxylic acids is 1. The lowest BCUT2D eigenvalue weighted by Gasteiger charge is -2.21. The molecule has 1 fully saturated rings. The van der Waals surface area contributed by atoms with E-state index in [9.17, 15) is 4.79 Å². The zero-order valence-corrected chi connectivity index (χ0v) is 7.37. The van der Waals surface area contributed by atoms with Gasteiger partial charge < -0.3 is 14.6 Å². The van der Waals surface area contributed by atoms with Crippen molar-refractivity contribution in [2.24, 2.45) is 0 Å². The first-order valence-corrected chi connectivity index (χ1v) is 3.98. The fourth-order valence-electron chi connectivity index (χ4n) is 1.32. The largest absolute Gasteiger partial charge is 0.394 e. The van der Waals surface area contributed by atoms with Crippen LogP contribution in [0, 0.1) is 0 Å². The SMILES string of the molecule is CC(=O)C[C@]1(C)OC[C@@H](CO)O1. The van der Waals surface area contributed by atoms with Gasteiger partial charge in [-0.3, -0.25) is 4.79 Å². The summed E-state index contributed by atoms with van der Waals surface area (Å²) in [5.74, 6) is -0.796. The van der Waals surface area contributed by atoms with Crippen molar-refractivity contribution >= 4 is 5.78 Å². The molecule has 0 bridgehead atoms. The highest BCUT2D eigenvalue weighted by molar-refractivity contribution is 5.76. The average molecular weight is 174 g/mol. The summed E-state index contributed by atoms with van der Waals surface area (Å²) in [6.45, 7) is 3.50. The highest BCUT2D eigenvalue weighted by Gasteiger charge is 2.37. The molecule has 0 spiro atoms. The molecule has 1 aliphatic heterocycles. The van der Waals surface area contributed by atoms with Crippen LogP contribution in [0.5, 0.6) is 0 Å². The lowest BCUT2D eigenvalue weighted by atomic mass is 10.2. The Balaban J connectivity index is 2.46. The quantitative estimate of drug-likeness (QED) is 0.658. The number of hydrogen-bond acceptors (Lipinski definition) is 4. The first kappa shape index (κ1) is 9.64. The van der Waals surface area contributed by atoms with Crippen LogP contribution < -0.4 is 0 Å². The lowest BCUT2D eigenvalue weighted by Crippen LogP contribution is -2.29. The first-order valence-electron chi connectivity index (χ1n) is 3.98. The van der Waals surface area contributed by atoms with Gasteiger partial charge in [0.2, 0.25) is 0 Å². The first-order chi connectivity index (χ1) is 5.56. The minimum Gasteiger partial charge on any atom is -0.394 e. The molecule has 0 aromatic carbocycles. The summed E-state index contributed by atoms with van der Waals surface area (Å²) >= 11 is 0. The van der Waals surface area contributed by atoms with Crippen molar-refractivity contribution in [3.63, 3.8) is 0 Å². The third-order valence-corrected chi connectivity index (χ3v) is 1.76. The van der Waals surface area contributed by atoms with Crippen LogP contribution in [0.3, 0.4) is 0 Å². The van der Waals surface area contributed by atoms with E-state index in [2.05, 4.69) is 0 Å². The molecule has 1 rings (SSSR count). The Labute approximate surface area is 71.5 Å². The Bertz CT molecular complexity index is 180. The molecule has 0 aliphatic carbocycles. The molecule has 4 nitrogen and oxygen atoms in total. The van der Waals surface area contributed by atoms with Crippen molar-refractivity contribution in [3.05, 3.63) is 0 Å². The van der Waals surface area contributed by atoms with Crippen molar-refractivity contribution in [3.8, 4) is 0 Å². The molecular formula is C8H14O4. The predicted molar refractivity (Wildman–Crippen MR) is 41.6 cm³/mol. The normalized spacial score (nSPS) is 35.4. The van der Waals surface area contributed by atoms with Gasteiger partial charge in [0.25, 0.3) is 0 Å². The van der Waals surface area contributed by atoms with Gasteiger partial charge in [0.1, 0.15) is 11.9 Å². The second-order valence-corrected chi connectivity index (χ2v) is 3.25. The second-order valence-electron chi connectivity index (χ2n) is 3.25. The molecule has 0 aromatic rings. The van der Waals surface area contributed by atoms with Gasteiger partial charge in [-0.1, -0.05) is 0 Å².